The number of amides is 1. The highest BCUT2D eigenvalue weighted by atomic mass is 16.1. The van der Waals surface area contributed by atoms with E-state index < -0.39 is 0 Å². The number of hydrogen-bond acceptors (Lipinski definition) is 2. The summed E-state index contributed by atoms with van der Waals surface area (Å²) in [5.74, 6) is 0.691. The lowest BCUT2D eigenvalue weighted by atomic mass is 10.2. The van der Waals surface area contributed by atoms with Gasteiger partial charge in [0.25, 0.3) is 0 Å². The molecule has 0 aliphatic rings. The maximum absolute atomic E-state index is 11.3. The molecule has 0 aliphatic carbocycles. The number of aryl methyl sites for hydroxylation is 1. The molecule has 0 aromatic carbocycles. The van der Waals surface area contributed by atoms with Gasteiger partial charge in [-0.2, -0.15) is 0 Å². The van der Waals surface area contributed by atoms with Crippen molar-refractivity contribution >= 4 is 11.7 Å². The van der Waals surface area contributed by atoms with Gasteiger partial charge in [0.1, 0.15) is 5.82 Å². The molecule has 1 heterocycles. The van der Waals surface area contributed by atoms with Crippen LogP contribution in [0, 0.1) is 0 Å². The van der Waals surface area contributed by atoms with Gasteiger partial charge >= 0.3 is 0 Å². The van der Waals surface area contributed by atoms with Gasteiger partial charge in [-0.1, -0.05) is 13.8 Å². The molecule has 1 rings (SSSR count). The van der Waals surface area contributed by atoms with Crippen LogP contribution in [0.3, 0.4) is 0 Å². The molecule has 14 heavy (non-hydrogen) atoms. The highest BCUT2D eigenvalue weighted by Crippen LogP contribution is 2.07. The molecule has 1 aromatic heterocycles. The van der Waals surface area contributed by atoms with Crippen molar-refractivity contribution in [2.45, 2.75) is 33.1 Å². The summed E-state index contributed by atoms with van der Waals surface area (Å²) in [4.78, 5) is 15.3. The van der Waals surface area contributed by atoms with Crippen molar-refractivity contribution in [3.63, 3.8) is 0 Å². The molecule has 0 spiro atoms. The Bertz CT molecular complexity index is 310. The molecule has 0 saturated heterocycles. The molecule has 0 aliphatic heterocycles. The monoisotopic (exact) mass is 192 g/mol. The maximum atomic E-state index is 11.3. The molecule has 0 atom stereocenters. The number of nitrogens with one attached hydrogen (secondary N) is 1. The quantitative estimate of drug-likeness (QED) is 0.795. The first-order valence-corrected chi connectivity index (χ1v) is 5.01. The van der Waals surface area contributed by atoms with E-state index in [1.807, 2.05) is 19.1 Å². The predicted octanol–water partition coefficient (Wildman–Crippen LogP) is 2.38. The summed E-state index contributed by atoms with van der Waals surface area (Å²) in [6.07, 6.45) is 4.09. The molecular weight excluding hydrogens is 176 g/mol. The lowest BCUT2D eigenvalue weighted by molar-refractivity contribution is -0.116. The number of nitrogens with zero attached hydrogens (tertiary/aromatic N) is 1. The van der Waals surface area contributed by atoms with E-state index in [1.165, 1.54) is 5.56 Å². The molecule has 3 nitrogen and oxygen atoms in total. The smallest absolute Gasteiger partial charge is 0.225 e. The van der Waals surface area contributed by atoms with Crippen molar-refractivity contribution in [2.24, 2.45) is 0 Å². The highest BCUT2D eigenvalue weighted by Gasteiger charge is 2.01. The van der Waals surface area contributed by atoms with Crippen LogP contribution >= 0.6 is 0 Å². The van der Waals surface area contributed by atoms with Crippen LogP contribution in [-0.4, -0.2) is 10.9 Å². The second-order valence-electron chi connectivity index (χ2n) is 3.20. The van der Waals surface area contributed by atoms with E-state index in [4.69, 9.17) is 0 Å². The van der Waals surface area contributed by atoms with Crippen molar-refractivity contribution in [1.82, 2.24) is 4.98 Å². The third kappa shape index (κ3) is 3.17. The summed E-state index contributed by atoms with van der Waals surface area (Å²) in [6.45, 7) is 4.06. The van der Waals surface area contributed by atoms with E-state index in [0.717, 1.165) is 12.8 Å². The number of anilines is 1. The molecule has 1 aromatic rings. The topological polar surface area (TPSA) is 42.0 Å². The Labute approximate surface area is 84.6 Å². The van der Waals surface area contributed by atoms with Crippen LogP contribution < -0.4 is 5.32 Å². The zero-order valence-corrected chi connectivity index (χ0v) is 8.71. The zero-order chi connectivity index (χ0) is 10.4. The van der Waals surface area contributed by atoms with Gasteiger partial charge in [-0.15, -0.1) is 0 Å². The van der Waals surface area contributed by atoms with Crippen molar-refractivity contribution in [3.05, 3.63) is 23.9 Å². The Hall–Kier alpha value is -1.38. The van der Waals surface area contributed by atoms with Gasteiger partial charge in [0.2, 0.25) is 5.91 Å². The Morgan fingerprint density at radius 2 is 2.29 bits per heavy atom. The highest BCUT2D eigenvalue weighted by molar-refractivity contribution is 5.89. The molecule has 0 saturated carbocycles. The van der Waals surface area contributed by atoms with E-state index in [2.05, 4.69) is 17.2 Å². The van der Waals surface area contributed by atoms with Crippen LogP contribution in [0.4, 0.5) is 5.82 Å². The zero-order valence-electron chi connectivity index (χ0n) is 8.71. The summed E-state index contributed by atoms with van der Waals surface area (Å²) in [6, 6.07) is 3.86. The van der Waals surface area contributed by atoms with Crippen LogP contribution in [0.5, 0.6) is 0 Å². The molecule has 3 heteroatoms. The van der Waals surface area contributed by atoms with Gasteiger partial charge in [0.15, 0.2) is 0 Å². The average molecular weight is 192 g/mol. The van der Waals surface area contributed by atoms with E-state index in [9.17, 15) is 4.79 Å². The number of pyridine rings is 1. The van der Waals surface area contributed by atoms with Gasteiger partial charge < -0.3 is 5.32 Å². The van der Waals surface area contributed by atoms with E-state index in [0.29, 0.717) is 12.2 Å². The second kappa shape index (κ2) is 5.37. The first-order chi connectivity index (χ1) is 6.76. The van der Waals surface area contributed by atoms with Crippen molar-refractivity contribution < 1.29 is 4.79 Å². The van der Waals surface area contributed by atoms with E-state index in [-0.39, 0.29) is 5.91 Å². The lowest BCUT2D eigenvalue weighted by Crippen LogP contribution is -2.11. The molecule has 0 radical (unpaired) electrons. The van der Waals surface area contributed by atoms with Crippen molar-refractivity contribution in [1.29, 1.82) is 0 Å². The van der Waals surface area contributed by atoms with Gasteiger partial charge in [0.05, 0.1) is 0 Å². The van der Waals surface area contributed by atoms with Gasteiger partial charge in [-0.05, 0) is 30.5 Å². The number of hydrogen-bond donors (Lipinski definition) is 1. The first kappa shape index (κ1) is 10.7. The van der Waals surface area contributed by atoms with Crippen LogP contribution in [-0.2, 0) is 11.2 Å². The SMILES string of the molecule is CCCC(=O)Nc1cc(CC)ccn1. The first-order valence-electron chi connectivity index (χ1n) is 5.01. The minimum absolute atomic E-state index is 0.0354. The van der Waals surface area contributed by atoms with Crippen molar-refractivity contribution in [2.75, 3.05) is 5.32 Å². The van der Waals surface area contributed by atoms with Gasteiger partial charge in [0, 0.05) is 12.6 Å². The standard InChI is InChI=1S/C11H16N2O/c1-3-5-11(14)13-10-8-9(4-2)6-7-12-10/h6-8H,3-5H2,1-2H3,(H,12,13,14). The van der Waals surface area contributed by atoms with Gasteiger partial charge in [-0.3, -0.25) is 4.79 Å². The molecule has 0 unspecified atom stereocenters. The summed E-state index contributed by atoms with van der Waals surface area (Å²) in [5, 5.41) is 2.77. The minimum Gasteiger partial charge on any atom is -0.311 e. The molecule has 76 valence electrons. The number of aromatic nitrogens is 1. The molecule has 0 bridgehead atoms. The summed E-state index contributed by atoms with van der Waals surface area (Å²) in [5.41, 5.74) is 1.19. The Kier molecular flexibility index (Phi) is 4.11. The summed E-state index contributed by atoms with van der Waals surface area (Å²) >= 11 is 0. The fourth-order valence-electron chi connectivity index (χ4n) is 1.19. The van der Waals surface area contributed by atoms with E-state index in [1.54, 1.807) is 6.20 Å². The number of carbonyl (C=O) groups is 1. The summed E-state index contributed by atoms with van der Waals surface area (Å²) < 4.78 is 0. The fourth-order valence-corrected chi connectivity index (χ4v) is 1.19. The second-order valence-corrected chi connectivity index (χ2v) is 3.20. The Morgan fingerprint density at radius 1 is 1.50 bits per heavy atom. The van der Waals surface area contributed by atoms with Gasteiger partial charge in [-0.25, -0.2) is 4.98 Å². The van der Waals surface area contributed by atoms with Crippen molar-refractivity contribution in [3.8, 4) is 0 Å². The predicted molar refractivity (Wildman–Crippen MR) is 57.2 cm³/mol. The fraction of sp³-hybridized carbons (Fsp3) is 0.455. The Morgan fingerprint density at radius 3 is 2.93 bits per heavy atom. The van der Waals surface area contributed by atoms with E-state index >= 15 is 0 Å². The molecular formula is C11H16N2O. The summed E-state index contributed by atoms with van der Waals surface area (Å²) in [7, 11) is 0. The largest absolute Gasteiger partial charge is 0.311 e. The maximum Gasteiger partial charge on any atom is 0.225 e. The Balaban J connectivity index is 2.62. The molecule has 1 amide bonds. The van der Waals surface area contributed by atoms with Crippen LogP contribution in [0.2, 0.25) is 0 Å². The number of carbonyl (C=O) groups excluding carboxylic acids is 1. The normalized spacial score (nSPS) is 9.86. The average Bonchev–Trinajstić information content (AvgIpc) is 2.18. The van der Waals surface area contributed by atoms with Crippen LogP contribution in [0.25, 0.3) is 0 Å². The molecule has 0 fully saturated rings. The van der Waals surface area contributed by atoms with Crippen LogP contribution in [0.1, 0.15) is 32.3 Å². The van der Waals surface area contributed by atoms with Crippen LogP contribution in [0.15, 0.2) is 18.3 Å². The minimum atomic E-state index is 0.0354. The third-order valence-corrected chi connectivity index (χ3v) is 1.98. The number of rotatable bonds is 4. The lowest BCUT2D eigenvalue weighted by Gasteiger charge is -2.04. The third-order valence-electron chi connectivity index (χ3n) is 1.98. The molecule has 1 N–H and O–H groups in total.